The summed E-state index contributed by atoms with van der Waals surface area (Å²) in [7, 11) is 0. The van der Waals surface area contributed by atoms with Crippen LogP contribution >= 0.6 is 23.1 Å². The number of aromatic nitrogens is 2. The molecule has 3 heterocycles. The van der Waals surface area contributed by atoms with Crippen LogP contribution in [0, 0.1) is 13.8 Å². The molecule has 1 amide bonds. The standard InChI is InChI=1S/C21H32N4O3S2/c1-13(2)25-19(27)17-14(3)15(4)30-18(17)23-20(25)29-11-16(26)22-12-21(5,6)24-7-9-28-10-8-24/h13H,7-12H2,1-6H3,(H,22,26). The molecule has 1 saturated heterocycles. The Bertz CT molecular complexity index is 975. The molecule has 0 aliphatic carbocycles. The number of hydrogen-bond donors (Lipinski definition) is 1. The lowest BCUT2D eigenvalue weighted by molar-refractivity contribution is -0.119. The molecular formula is C21H32N4O3S2. The van der Waals surface area contributed by atoms with Gasteiger partial charge in [0.25, 0.3) is 5.56 Å². The highest BCUT2D eigenvalue weighted by Crippen LogP contribution is 2.29. The number of aryl methyl sites for hydroxylation is 2. The number of rotatable bonds is 7. The molecule has 2 aromatic heterocycles. The summed E-state index contributed by atoms with van der Waals surface area (Å²) in [4.78, 5) is 34.6. The highest BCUT2D eigenvalue weighted by molar-refractivity contribution is 7.99. The zero-order chi connectivity index (χ0) is 22.1. The molecule has 0 atom stereocenters. The van der Waals surface area contributed by atoms with Crippen molar-refractivity contribution in [2.24, 2.45) is 0 Å². The molecule has 2 aromatic rings. The Hall–Kier alpha value is -1.42. The maximum absolute atomic E-state index is 13.1. The molecule has 0 saturated carbocycles. The van der Waals surface area contributed by atoms with E-state index in [9.17, 15) is 9.59 Å². The maximum atomic E-state index is 13.1. The van der Waals surface area contributed by atoms with Gasteiger partial charge in [0.15, 0.2) is 5.16 Å². The molecule has 3 rings (SSSR count). The van der Waals surface area contributed by atoms with Crippen LogP contribution in [0.15, 0.2) is 9.95 Å². The Balaban J connectivity index is 1.69. The van der Waals surface area contributed by atoms with Crippen LogP contribution in [0.4, 0.5) is 0 Å². The number of morpholine rings is 1. The largest absolute Gasteiger partial charge is 0.379 e. The van der Waals surface area contributed by atoms with Gasteiger partial charge in [-0.1, -0.05) is 11.8 Å². The molecule has 0 unspecified atom stereocenters. The molecule has 1 aliphatic heterocycles. The number of carbonyl (C=O) groups excluding carboxylic acids is 1. The summed E-state index contributed by atoms with van der Waals surface area (Å²) in [6.07, 6.45) is 0. The number of carbonyl (C=O) groups is 1. The Morgan fingerprint density at radius 3 is 2.60 bits per heavy atom. The van der Waals surface area contributed by atoms with E-state index in [1.54, 1.807) is 4.57 Å². The Morgan fingerprint density at radius 1 is 1.30 bits per heavy atom. The van der Waals surface area contributed by atoms with Gasteiger partial charge >= 0.3 is 0 Å². The third kappa shape index (κ3) is 4.90. The maximum Gasteiger partial charge on any atom is 0.263 e. The number of thioether (sulfide) groups is 1. The van der Waals surface area contributed by atoms with Gasteiger partial charge in [0.2, 0.25) is 5.91 Å². The van der Waals surface area contributed by atoms with Gasteiger partial charge in [-0.05, 0) is 47.1 Å². The third-order valence-electron chi connectivity index (χ3n) is 5.64. The Labute approximate surface area is 186 Å². The first-order valence-corrected chi connectivity index (χ1v) is 12.2. The molecule has 0 radical (unpaired) electrons. The average Bonchev–Trinajstić information content (AvgIpc) is 2.99. The zero-order valence-electron chi connectivity index (χ0n) is 18.7. The predicted molar refractivity (Wildman–Crippen MR) is 124 cm³/mol. The number of hydrogen-bond acceptors (Lipinski definition) is 7. The second kappa shape index (κ2) is 9.38. The van der Waals surface area contributed by atoms with Gasteiger partial charge in [-0.3, -0.25) is 19.1 Å². The van der Waals surface area contributed by atoms with Gasteiger partial charge in [0.05, 0.1) is 24.4 Å². The molecule has 1 fully saturated rings. The van der Waals surface area contributed by atoms with Gasteiger partial charge in [0.1, 0.15) is 4.83 Å². The highest BCUT2D eigenvalue weighted by Gasteiger charge is 2.28. The van der Waals surface area contributed by atoms with Crippen LogP contribution in [-0.4, -0.2) is 64.5 Å². The fourth-order valence-electron chi connectivity index (χ4n) is 3.62. The predicted octanol–water partition coefficient (Wildman–Crippen LogP) is 2.97. The number of nitrogens with zero attached hydrogens (tertiary/aromatic N) is 3. The monoisotopic (exact) mass is 452 g/mol. The number of nitrogens with one attached hydrogen (secondary N) is 1. The summed E-state index contributed by atoms with van der Waals surface area (Å²) in [5.41, 5.74) is 0.850. The molecule has 166 valence electrons. The van der Waals surface area contributed by atoms with Crippen molar-refractivity contribution in [1.82, 2.24) is 19.8 Å². The molecule has 0 aromatic carbocycles. The van der Waals surface area contributed by atoms with E-state index in [0.29, 0.717) is 17.1 Å². The van der Waals surface area contributed by atoms with Gasteiger partial charge < -0.3 is 10.1 Å². The lowest BCUT2D eigenvalue weighted by Gasteiger charge is -2.40. The number of thiophene rings is 1. The molecular weight excluding hydrogens is 420 g/mol. The van der Waals surface area contributed by atoms with Crippen LogP contribution < -0.4 is 10.9 Å². The summed E-state index contributed by atoms with van der Waals surface area (Å²) in [5.74, 6) is 0.178. The molecule has 0 spiro atoms. The Kier molecular flexibility index (Phi) is 7.27. The second-order valence-electron chi connectivity index (χ2n) is 8.60. The van der Waals surface area contributed by atoms with Crippen molar-refractivity contribution in [2.45, 2.75) is 58.3 Å². The molecule has 1 N–H and O–H groups in total. The zero-order valence-corrected chi connectivity index (χ0v) is 20.3. The van der Waals surface area contributed by atoms with E-state index in [0.717, 1.165) is 41.6 Å². The Morgan fingerprint density at radius 2 is 1.97 bits per heavy atom. The minimum Gasteiger partial charge on any atom is -0.379 e. The van der Waals surface area contributed by atoms with E-state index < -0.39 is 0 Å². The molecule has 0 bridgehead atoms. The van der Waals surface area contributed by atoms with Crippen LogP contribution in [-0.2, 0) is 9.53 Å². The van der Waals surface area contributed by atoms with Crippen molar-refractivity contribution in [3.8, 4) is 0 Å². The minimum absolute atomic E-state index is 0.0202. The topological polar surface area (TPSA) is 76.5 Å². The fraction of sp³-hybridized carbons (Fsp3) is 0.667. The third-order valence-corrected chi connectivity index (χ3v) is 7.69. The van der Waals surface area contributed by atoms with Gasteiger partial charge in [0, 0.05) is 36.1 Å². The van der Waals surface area contributed by atoms with Crippen molar-refractivity contribution in [1.29, 1.82) is 0 Å². The number of fused-ring (bicyclic) bond motifs is 1. The quantitative estimate of drug-likeness (QED) is 0.514. The number of amides is 1. The van der Waals surface area contributed by atoms with Crippen LogP contribution in [0.5, 0.6) is 0 Å². The summed E-state index contributed by atoms with van der Waals surface area (Å²) in [6, 6.07) is -0.0279. The van der Waals surface area contributed by atoms with Crippen molar-refractivity contribution >= 4 is 39.2 Å². The lowest BCUT2D eigenvalue weighted by atomic mass is 10.0. The molecule has 1 aliphatic rings. The average molecular weight is 453 g/mol. The lowest BCUT2D eigenvalue weighted by Crippen LogP contribution is -2.55. The van der Waals surface area contributed by atoms with Crippen molar-refractivity contribution in [2.75, 3.05) is 38.6 Å². The van der Waals surface area contributed by atoms with Crippen LogP contribution in [0.3, 0.4) is 0 Å². The van der Waals surface area contributed by atoms with E-state index in [1.165, 1.54) is 23.1 Å². The summed E-state index contributed by atoms with van der Waals surface area (Å²) in [6.45, 7) is 16.0. The van der Waals surface area contributed by atoms with E-state index in [2.05, 4.69) is 24.1 Å². The van der Waals surface area contributed by atoms with E-state index in [4.69, 9.17) is 9.72 Å². The smallest absolute Gasteiger partial charge is 0.263 e. The van der Waals surface area contributed by atoms with Crippen LogP contribution in [0.2, 0.25) is 0 Å². The van der Waals surface area contributed by atoms with Crippen molar-refractivity contribution in [3.63, 3.8) is 0 Å². The second-order valence-corrected chi connectivity index (χ2v) is 10.7. The fourth-order valence-corrected chi connectivity index (χ4v) is 5.65. The van der Waals surface area contributed by atoms with Crippen molar-refractivity contribution in [3.05, 3.63) is 20.8 Å². The van der Waals surface area contributed by atoms with E-state index in [-0.39, 0.29) is 28.8 Å². The first kappa shape index (κ1) is 23.2. The minimum atomic E-state index is -0.132. The first-order valence-electron chi connectivity index (χ1n) is 10.4. The normalized spacial score (nSPS) is 15.8. The summed E-state index contributed by atoms with van der Waals surface area (Å²) in [5, 5.41) is 4.35. The van der Waals surface area contributed by atoms with Gasteiger partial charge in [-0.15, -0.1) is 11.3 Å². The molecule has 7 nitrogen and oxygen atoms in total. The summed E-state index contributed by atoms with van der Waals surface area (Å²) >= 11 is 2.86. The highest BCUT2D eigenvalue weighted by atomic mass is 32.2. The van der Waals surface area contributed by atoms with Crippen LogP contribution in [0.25, 0.3) is 10.2 Å². The molecule has 9 heteroatoms. The van der Waals surface area contributed by atoms with E-state index >= 15 is 0 Å². The van der Waals surface area contributed by atoms with Gasteiger partial charge in [-0.25, -0.2) is 4.98 Å². The SMILES string of the molecule is Cc1sc2nc(SCC(=O)NCC(C)(C)N3CCOCC3)n(C(C)C)c(=O)c2c1C. The first-order chi connectivity index (χ1) is 14.1. The molecule has 30 heavy (non-hydrogen) atoms. The van der Waals surface area contributed by atoms with E-state index in [1.807, 2.05) is 27.7 Å². The summed E-state index contributed by atoms with van der Waals surface area (Å²) < 4.78 is 7.13. The van der Waals surface area contributed by atoms with Gasteiger partial charge in [-0.2, -0.15) is 0 Å². The van der Waals surface area contributed by atoms with Crippen molar-refractivity contribution < 1.29 is 9.53 Å². The van der Waals surface area contributed by atoms with Crippen LogP contribution in [0.1, 0.15) is 44.2 Å². The number of ether oxygens (including phenoxy) is 1.